The van der Waals surface area contributed by atoms with E-state index in [1.165, 1.54) is 212 Å². The number of rotatable bonds is 51. The van der Waals surface area contributed by atoms with Crippen LogP contribution in [0.2, 0.25) is 0 Å². The van der Waals surface area contributed by atoms with Gasteiger partial charge in [0.15, 0.2) is 6.10 Å². The van der Waals surface area contributed by atoms with E-state index >= 15 is 0 Å². The van der Waals surface area contributed by atoms with E-state index in [0.717, 1.165) is 57.8 Å². The Kier molecular flexibility index (Phi) is 50.2. The highest BCUT2D eigenvalue weighted by Gasteiger charge is 2.19. The molecule has 0 saturated carbocycles. The summed E-state index contributed by atoms with van der Waals surface area (Å²) in [6.07, 6.45) is 57.6. The van der Waals surface area contributed by atoms with Gasteiger partial charge in [-0.05, 0) is 44.9 Å². The van der Waals surface area contributed by atoms with Crippen LogP contribution in [0.4, 0.5) is 0 Å². The highest BCUT2D eigenvalue weighted by atomic mass is 16.6. The van der Waals surface area contributed by atoms with Crippen molar-refractivity contribution in [3.8, 4) is 0 Å². The number of hydrogen-bond acceptors (Lipinski definition) is 6. The molecule has 0 aliphatic rings. The standard InChI is InChI=1S/C56H106O6/c1-4-7-10-13-16-19-22-25-27-28-30-32-35-38-41-44-47-50-56(59)62-53(51-60-54(57)48-45-42-39-36-33-24-21-18-15-12-9-6-3)52-61-55(58)49-46-43-40-37-34-31-29-26-23-20-17-14-11-8-5-2/h20,23,53H,4-19,21-22,24-52H2,1-3H3/b23-20-/t53-/m0/s1. The average molecular weight is 875 g/mol. The Morgan fingerprint density at radius 3 is 0.823 bits per heavy atom. The summed E-state index contributed by atoms with van der Waals surface area (Å²) in [5.41, 5.74) is 0. The molecule has 0 aromatic rings. The molecule has 366 valence electrons. The fourth-order valence-corrected chi connectivity index (χ4v) is 8.32. The minimum absolute atomic E-state index is 0.0656. The zero-order chi connectivity index (χ0) is 45.1. The molecule has 1 atom stereocenters. The molecule has 0 radical (unpaired) electrons. The summed E-state index contributed by atoms with van der Waals surface area (Å²) in [5, 5.41) is 0. The van der Waals surface area contributed by atoms with Crippen LogP contribution < -0.4 is 0 Å². The monoisotopic (exact) mass is 875 g/mol. The number of carbonyl (C=O) groups excluding carboxylic acids is 3. The average Bonchev–Trinajstić information content (AvgIpc) is 3.27. The first-order valence-corrected chi connectivity index (χ1v) is 27.7. The quantitative estimate of drug-likeness (QED) is 0.0262. The zero-order valence-electron chi connectivity index (χ0n) is 41.9. The highest BCUT2D eigenvalue weighted by molar-refractivity contribution is 5.71. The van der Waals surface area contributed by atoms with Crippen LogP contribution in [-0.4, -0.2) is 37.2 Å². The van der Waals surface area contributed by atoms with Crippen molar-refractivity contribution < 1.29 is 28.6 Å². The van der Waals surface area contributed by atoms with Gasteiger partial charge in [-0.25, -0.2) is 0 Å². The maximum Gasteiger partial charge on any atom is 0.306 e. The third kappa shape index (κ3) is 49.2. The van der Waals surface area contributed by atoms with E-state index in [2.05, 4.69) is 32.9 Å². The van der Waals surface area contributed by atoms with E-state index in [-0.39, 0.29) is 31.1 Å². The van der Waals surface area contributed by atoms with Gasteiger partial charge < -0.3 is 14.2 Å². The van der Waals surface area contributed by atoms with Crippen molar-refractivity contribution in [2.45, 2.75) is 316 Å². The Hall–Kier alpha value is -1.85. The lowest BCUT2D eigenvalue weighted by Crippen LogP contribution is -2.30. The van der Waals surface area contributed by atoms with Crippen LogP contribution in [-0.2, 0) is 28.6 Å². The SMILES string of the molecule is CCCCCC/C=C\CCCCCCCCCC(=O)OC[C@H](COC(=O)CCCCCCCCCCCCCC)OC(=O)CCCCCCCCCCCCCCCCCCC. The largest absolute Gasteiger partial charge is 0.462 e. The summed E-state index contributed by atoms with van der Waals surface area (Å²) < 4.78 is 16.8. The van der Waals surface area contributed by atoms with E-state index in [9.17, 15) is 14.4 Å². The van der Waals surface area contributed by atoms with Crippen LogP contribution in [0.15, 0.2) is 12.2 Å². The summed E-state index contributed by atoms with van der Waals surface area (Å²) in [4.78, 5) is 38.0. The minimum atomic E-state index is -0.765. The number of allylic oxidation sites excluding steroid dienone is 2. The fourth-order valence-electron chi connectivity index (χ4n) is 8.32. The van der Waals surface area contributed by atoms with Crippen molar-refractivity contribution >= 4 is 17.9 Å². The second kappa shape index (κ2) is 51.8. The summed E-state index contributed by atoms with van der Waals surface area (Å²) in [6.45, 7) is 6.67. The minimum Gasteiger partial charge on any atom is -0.462 e. The molecule has 0 saturated heterocycles. The van der Waals surface area contributed by atoms with Gasteiger partial charge in [-0.1, -0.05) is 258 Å². The van der Waals surface area contributed by atoms with Crippen LogP contribution >= 0.6 is 0 Å². The predicted molar refractivity (Wildman–Crippen MR) is 266 cm³/mol. The second-order valence-electron chi connectivity index (χ2n) is 18.9. The number of carbonyl (C=O) groups is 3. The molecule has 0 aromatic carbocycles. The normalized spacial score (nSPS) is 12.0. The van der Waals surface area contributed by atoms with Crippen LogP contribution in [0, 0.1) is 0 Å². The first-order chi connectivity index (χ1) is 30.5. The fraction of sp³-hybridized carbons (Fsp3) is 0.911. The van der Waals surface area contributed by atoms with E-state index in [4.69, 9.17) is 14.2 Å². The van der Waals surface area contributed by atoms with Gasteiger partial charge >= 0.3 is 17.9 Å². The summed E-state index contributed by atoms with van der Waals surface area (Å²) >= 11 is 0. The van der Waals surface area contributed by atoms with E-state index in [0.29, 0.717) is 19.3 Å². The summed E-state index contributed by atoms with van der Waals surface area (Å²) in [5.74, 6) is -0.849. The lowest BCUT2D eigenvalue weighted by Gasteiger charge is -2.18. The molecule has 0 aliphatic carbocycles. The molecule has 0 aliphatic heterocycles. The number of hydrogen-bond donors (Lipinski definition) is 0. The number of ether oxygens (including phenoxy) is 3. The van der Waals surface area contributed by atoms with Crippen molar-refractivity contribution in [2.75, 3.05) is 13.2 Å². The Bertz CT molecular complexity index is 962. The van der Waals surface area contributed by atoms with Gasteiger partial charge in [-0.3, -0.25) is 14.4 Å². The zero-order valence-corrected chi connectivity index (χ0v) is 41.9. The molecule has 0 amide bonds. The first-order valence-electron chi connectivity index (χ1n) is 27.7. The van der Waals surface area contributed by atoms with E-state index in [1.807, 2.05) is 0 Å². The Morgan fingerprint density at radius 2 is 0.532 bits per heavy atom. The Balaban J connectivity index is 4.31. The van der Waals surface area contributed by atoms with Gasteiger partial charge in [0.1, 0.15) is 13.2 Å². The van der Waals surface area contributed by atoms with Crippen LogP contribution in [0.5, 0.6) is 0 Å². The van der Waals surface area contributed by atoms with Crippen molar-refractivity contribution in [1.29, 1.82) is 0 Å². The van der Waals surface area contributed by atoms with E-state index in [1.54, 1.807) is 0 Å². The van der Waals surface area contributed by atoms with Gasteiger partial charge in [0, 0.05) is 19.3 Å². The molecule has 0 aromatic heterocycles. The summed E-state index contributed by atoms with van der Waals surface area (Å²) in [7, 11) is 0. The molecule has 0 fully saturated rings. The topological polar surface area (TPSA) is 78.9 Å². The molecular weight excluding hydrogens is 769 g/mol. The summed E-state index contributed by atoms with van der Waals surface area (Å²) in [6, 6.07) is 0. The van der Waals surface area contributed by atoms with Crippen LogP contribution in [0.25, 0.3) is 0 Å². The van der Waals surface area contributed by atoms with Crippen molar-refractivity contribution in [3.05, 3.63) is 12.2 Å². The van der Waals surface area contributed by atoms with Gasteiger partial charge in [0.05, 0.1) is 0 Å². The third-order valence-corrected chi connectivity index (χ3v) is 12.5. The molecule has 0 unspecified atom stereocenters. The molecule has 62 heavy (non-hydrogen) atoms. The molecule has 0 N–H and O–H groups in total. The molecule has 0 spiro atoms. The Labute approximate surface area is 386 Å². The number of esters is 3. The molecule has 6 heteroatoms. The molecular formula is C56H106O6. The molecule has 0 heterocycles. The van der Waals surface area contributed by atoms with Crippen molar-refractivity contribution in [2.24, 2.45) is 0 Å². The molecule has 0 bridgehead atoms. The van der Waals surface area contributed by atoms with Crippen LogP contribution in [0.1, 0.15) is 310 Å². The van der Waals surface area contributed by atoms with Gasteiger partial charge in [-0.2, -0.15) is 0 Å². The van der Waals surface area contributed by atoms with E-state index < -0.39 is 6.10 Å². The van der Waals surface area contributed by atoms with Crippen LogP contribution in [0.3, 0.4) is 0 Å². The Morgan fingerprint density at radius 1 is 0.306 bits per heavy atom. The van der Waals surface area contributed by atoms with Crippen molar-refractivity contribution in [1.82, 2.24) is 0 Å². The molecule has 0 rings (SSSR count). The van der Waals surface area contributed by atoms with Gasteiger partial charge in [0.2, 0.25) is 0 Å². The lowest BCUT2D eigenvalue weighted by molar-refractivity contribution is -0.167. The third-order valence-electron chi connectivity index (χ3n) is 12.5. The first kappa shape index (κ1) is 60.2. The van der Waals surface area contributed by atoms with Gasteiger partial charge in [-0.15, -0.1) is 0 Å². The van der Waals surface area contributed by atoms with Crippen molar-refractivity contribution in [3.63, 3.8) is 0 Å². The number of unbranched alkanes of at least 4 members (excludes halogenated alkanes) is 38. The smallest absolute Gasteiger partial charge is 0.306 e. The maximum absolute atomic E-state index is 12.8. The maximum atomic E-state index is 12.8. The van der Waals surface area contributed by atoms with Gasteiger partial charge in [0.25, 0.3) is 0 Å². The second-order valence-corrected chi connectivity index (χ2v) is 18.9. The molecule has 6 nitrogen and oxygen atoms in total. The highest BCUT2D eigenvalue weighted by Crippen LogP contribution is 2.17. The lowest BCUT2D eigenvalue weighted by atomic mass is 10.0. The predicted octanol–water partition coefficient (Wildman–Crippen LogP) is 18.2.